The maximum atomic E-state index is 12.4. The van der Waals surface area contributed by atoms with Crippen LogP contribution in [0, 0.1) is 0 Å². The van der Waals surface area contributed by atoms with Crippen molar-refractivity contribution in [3.05, 3.63) is 24.0 Å². The lowest BCUT2D eigenvalue weighted by molar-refractivity contribution is -0.275. The van der Waals surface area contributed by atoms with E-state index in [9.17, 15) is 22.8 Å². The first-order chi connectivity index (χ1) is 11.2. The number of carbonyl (C=O) groups excluding carboxylic acids is 1. The van der Waals surface area contributed by atoms with E-state index >= 15 is 0 Å². The molecule has 2 heterocycles. The Morgan fingerprint density at radius 3 is 2.58 bits per heavy atom. The second kappa shape index (κ2) is 6.48. The number of methoxy groups -OCH3 is 1. The number of pyridine rings is 1. The molecule has 0 aromatic carbocycles. The third kappa shape index (κ3) is 3.94. The van der Waals surface area contributed by atoms with Crippen LogP contribution < -0.4 is 14.8 Å². The van der Waals surface area contributed by atoms with Gasteiger partial charge in [-0.15, -0.1) is 13.2 Å². The number of amides is 1. The van der Waals surface area contributed by atoms with Crippen LogP contribution in [-0.2, 0) is 0 Å². The fourth-order valence-electron chi connectivity index (χ4n) is 1.77. The molecule has 2 aromatic heterocycles. The van der Waals surface area contributed by atoms with Crippen LogP contribution in [0.4, 0.5) is 23.7 Å². The SMILES string of the molecule is COc1nc(OC(F)(F)F)c(NC(=O)O)cc1-c1ccc(C=O)o1. The number of carbonyl (C=O) groups is 2. The van der Waals surface area contributed by atoms with Gasteiger partial charge in [-0.25, -0.2) is 4.79 Å². The number of alkyl halides is 3. The smallest absolute Gasteiger partial charge is 0.480 e. The van der Waals surface area contributed by atoms with Gasteiger partial charge in [0.05, 0.1) is 12.7 Å². The van der Waals surface area contributed by atoms with Crippen molar-refractivity contribution >= 4 is 18.1 Å². The van der Waals surface area contributed by atoms with Crippen LogP contribution in [-0.4, -0.2) is 35.9 Å². The van der Waals surface area contributed by atoms with Gasteiger partial charge in [-0.05, 0) is 18.2 Å². The van der Waals surface area contributed by atoms with Gasteiger partial charge >= 0.3 is 12.5 Å². The molecule has 0 atom stereocenters. The minimum atomic E-state index is -5.09. The summed E-state index contributed by atoms with van der Waals surface area (Å²) in [5.41, 5.74) is -0.566. The number of aromatic nitrogens is 1. The van der Waals surface area contributed by atoms with Gasteiger partial charge in [0, 0.05) is 0 Å². The Bertz CT molecular complexity index is 772. The molecular formula is C13H9F3N2O6. The summed E-state index contributed by atoms with van der Waals surface area (Å²) in [6.45, 7) is 0. The number of anilines is 1. The number of furan rings is 1. The zero-order valence-corrected chi connectivity index (χ0v) is 11.9. The van der Waals surface area contributed by atoms with Crippen LogP contribution in [0.25, 0.3) is 11.3 Å². The zero-order chi connectivity index (χ0) is 17.9. The number of halogens is 3. The Balaban J connectivity index is 2.58. The summed E-state index contributed by atoms with van der Waals surface area (Å²) in [6.07, 6.45) is -6.31. The van der Waals surface area contributed by atoms with Crippen LogP contribution in [0.3, 0.4) is 0 Å². The van der Waals surface area contributed by atoms with E-state index in [4.69, 9.17) is 14.3 Å². The molecule has 128 valence electrons. The summed E-state index contributed by atoms with van der Waals surface area (Å²) in [5, 5.41) is 10.5. The van der Waals surface area contributed by atoms with E-state index in [1.165, 1.54) is 12.1 Å². The predicted molar refractivity (Wildman–Crippen MR) is 72.2 cm³/mol. The highest BCUT2D eigenvalue weighted by Gasteiger charge is 2.34. The van der Waals surface area contributed by atoms with Crippen molar-refractivity contribution < 1.29 is 41.8 Å². The highest BCUT2D eigenvalue weighted by Crippen LogP contribution is 2.38. The molecule has 0 bridgehead atoms. The van der Waals surface area contributed by atoms with Crippen LogP contribution >= 0.6 is 0 Å². The van der Waals surface area contributed by atoms with Crippen molar-refractivity contribution in [2.75, 3.05) is 12.4 Å². The summed E-state index contributed by atoms with van der Waals surface area (Å²) in [4.78, 5) is 24.9. The molecule has 2 aromatic rings. The summed E-state index contributed by atoms with van der Waals surface area (Å²) >= 11 is 0. The molecule has 0 saturated carbocycles. The molecule has 0 fully saturated rings. The van der Waals surface area contributed by atoms with E-state index in [0.29, 0.717) is 6.29 Å². The molecule has 0 radical (unpaired) electrons. The quantitative estimate of drug-likeness (QED) is 0.800. The summed E-state index contributed by atoms with van der Waals surface area (Å²) in [6, 6.07) is 3.64. The summed E-state index contributed by atoms with van der Waals surface area (Å²) < 4.78 is 51.0. The van der Waals surface area contributed by atoms with Gasteiger partial charge in [0.2, 0.25) is 11.8 Å². The number of aldehydes is 1. The largest absolute Gasteiger partial charge is 0.574 e. The van der Waals surface area contributed by atoms with E-state index < -0.39 is 24.0 Å². The molecule has 11 heteroatoms. The standard InChI is InChI=1S/C13H9F3N2O6/c1-22-10-7(9-3-2-6(5-19)23-9)4-8(17-12(20)21)11(18-10)24-13(14,15)16/h2-5,17H,1H3,(H,20,21). The molecule has 0 unspecified atom stereocenters. The number of rotatable bonds is 5. The van der Waals surface area contributed by atoms with E-state index in [2.05, 4.69) is 9.72 Å². The van der Waals surface area contributed by atoms with Gasteiger partial charge in [-0.1, -0.05) is 0 Å². The number of carboxylic acid groups (broad SMARTS) is 1. The van der Waals surface area contributed by atoms with Gasteiger partial charge in [0.1, 0.15) is 11.4 Å². The molecule has 1 amide bonds. The Hall–Kier alpha value is -3.24. The first-order valence-corrected chi connectivity index (χ1v) is 6.13. The predicted octanol–water partition coefficient (Wildman–Crippen LogP) is 3.15. The Labute approximate surface area is 131 Å². The number of ether oxygens (including phenoxy) is 2. The van der Waals surface area contributed by atoms with E-state index in [1.54, 1.807) is 5.32 Å². The van der Waals surface area contributed by atoms with Crippen molar-refractivity contribution in [3.63, 3.8) is 0 Å². The van der Waals surface area contributed by atoms with Crippen molar-refractivity contribution in [1.29, 1.82) is 0 Å². The van der Waals surface area contributed by atoms with E-state index in [1.807, 2.05) is 0 Å². The molecule has 0 aliphatic heterocycles. The first-order valence-electron chi connectivity index (χ1n) is 6.13. The summed E-state index contributed by atoms with van der Waals surface area (Å²) in [7, 11) is 1.14. The van der Waals surface area contributed by atoms with E-state index in [0.717, 1.165) is 13.2 Å². The lowest BCUT2D eigenvalue weighted by atomic mass is 10.2. The van der Waals surface area contributed by atoms with Gasteiger partial charge in [-0.2, -0.15) is 4.98 Å². The second-order valence-corrected chi connectivity index (χ2v) is 4.20. The molecule has 8 nitrogen and oxygen atoms in total. The lowest BCUT2D eigenvalue weighted by Crippen LogP contribution is -2.20. The van der Waals surface area contributed by atoms with Crippen LogP contribution in [0.5, 0.6) is 11.8 Å². The minimum absolute atomic E-state index is 0.0175. The Kier molecular flexibility index (Phi) is 4.62. The normalized spacial score (nSPS) is 11.0. The third-order valence-corrected chi connectivity index (χ3v) is 2.61. The molecule has 2 N–H and O–H groups in total. The molecule has 0 spiro atoms. The van der Waals surface area contributed by atoms with Gasteiger partial charge in [0.25, 0.3) is 0 Å². The van der Waals surface area contributed by atoms with E-state index in [-0.39, 0.29) is 23.0 Å². The van der Waals surface area contributed by atoms with Crippen molar-refractivity contribution in [3.8, 4) is 23.1 Å². The zero-order valence-electron chi connectivity index (χ0n) is 11.9. The van der Waals surface area contributed by atoms with Crippen LogP contribution in [0.1, 0.15) is 10.6 Å². The average Bonchev–Trinajstić information content (AvgIpc) is 2.95. The highest BCUT2D eigenvalue weighted by atomic mass is 19.4. The fraction of sp³-hybridized carbons (Fsp3) is 0.154. The van der Waals surface area contributed by atoms with Gasteiger partial charge in [-0.3, -0.25) is 10.1 Å². The van der Waals surface area contributed by atoms with Crippen molar-refractivity contribution in [2.24, 2.45) is 0 Å². The lowest BCUT2D eigenvalue weighted by Gasteiger charge is -2.15. The molecule has 0 aliphatic carbocycles. The number of nitrogens with zero attached hydrogens (tertiary/aromatic N) is 1. The fourth-order valence-corrected chi connectivity index (χ4v) is 1.77. The molecule has 0 saturated heterocycles. The van der Waals surface area contributed by atoms with Crippen molar-refractivity contribution in [1.82, 2.24) is 4.98 Å². The number of nitrogens with one attached hydrogen (secondary N) is 1. The highest BCUT2D eigenvalue weighted by molar-refractivity contribution is 5.87. The van der Waals surface area contributed by atoms with Crippen molar-refractivity contribution in [2.45, 2.75) is 6.36 Å². The molecule has 24 heavy (non-hydrogen) atoms. The van der Waals surface area contributed by atoms with Gasteiger partial charge in [0.15, 0.2) is 12.0 Å². The molecular weight excluding hydrogens is 337 g/mol. The topological polar surface area (TPSA) is 111 Å². The Morgan fingerprint density at radius 2 is 2.08 bits per heavy atom. The first kappa shape index (κ1) is 17.1. The van der Waals surface area contributed by atoms with Crippen LogP contribution in [0.15, 0.2) is 22.6 Å². The molecule has 2 rings (SSSR count). The van der Waals surface area contributed by atoms with Gasteiger partial charge < -0.3 is 19.0 Å². The second-order valence-electron chi connectivity index (χ2n) is 4.20. The maximum absolute atomic E-state index is 12.4. The number of hydrogen-bond acceptors (Lipinski definition) is 6. The summed E-state index contributed by atoms with van der Waals surface area (Å²) in [5.74, 6) is -1.38. The average molecular weight is 346 g/mol. The maximum Gasteiger partial charge on any atom is 0.574 e. The monoisotopic (exact) mass is 346 g/mol. The van der Waals surface area contributed by atoms with Crippen LogP contribution in [0.2, 0.25) is 0 Å². The third-order valence-electron chi connectivity index (χ3n) is 2.61. The Morgan fingerprint density at radius 1 is 1.38 bits per heavy atom. The molecule has 0 aliphatic rings. The minimum Gasteiger partial charge on any atom is -0.480 e. The number of hydrogen-bond donors (Lipinski definition) is 2.